The number of unbranched alkanes of at least 4 members (excludes halogenated alkanes) is 2. The summed E-state index contributed by atoms with van der Waals surface area (Å²) in [5, 5.41) is 6.19. The fourth-order valence-electron chi connectivity index (χ4n) is 2.47. The minimum Gasteiger partial charge on any atom is -0.325 e. The molecule has 0 saturated carbocycles. The first-order chi connectivity index (χ1) is 9.29. The lowest BCUT2D eigenvalue weighted by atomic mass is 10.1. The molecule has 1 heterocycles. The SMILES string of the molecule is CCCCCc1ccc(NC(=O)[C@@H]2CCCN2)cc1. The summed E-state index contributed by atoms with van der Waals surface area (Å²) in [6, 6.07) is 8.24. The highest BCUT2D eigenvalue weighted by Gasteiger charge is 2.21. The van der Waals surface area contributed by atoms with Gasteiger partial charge in [0.05, 0.1) is 6.04 Å². The van der Waals surface area contributed by atoms with Crippen LogP contribution in [0.2, 0.25) is 0 Å². The molecule has 104 valence electrons. The summed E-state index contributed by atoms with van der Waals surface area (Å²) in [4.78, 5) is 11.9. The van der Waals surface area contributed by atoms with E-state index in [-0.39, 0.29) is 11.9 Å². The first-order valence-corrected chi connectivity index (χ1v) is 7.43. The van der Waals surface area contributed by atoms with Crippen molar-refractivity contribution < 1.29 is 4.79 Å². The van der Waals surface area contributed by atoms with E-state index in [1.807, 2.05) is 12.1 Å². The van der Waals surface area contributed by atoms with Crippen molar-refractivity contribution in [1.82, 2.24) is 5.32 Å². The van der Waals surface area contributed by atoms with Gasteiger partial charge >= 0.3 is 0 Å². The van der Waals surface area contributed by atoms with Crippen LogP contribution >= 0.6 is 0 Å². The summed E-state index contributed by atoms with van der Waals surface area (Å²) in [5.74, 6) is 0.0937. The molecule has 1 aliphatic heterocycles. The number of carbonyl (C=O) groups is 1. The minimum absolute atomic E-state index is 0.00997. The second-order valence-electron chi connectivity index (χ2n) is 5.29. The van der Waals surface area contributed by atoms with Gasteiger partial charge in [-0.1, -0.05) is 31.9 Å². The van der Waals surface area contributed by atoms with Crippen molar-refractivity contribution in [3.63, 3.8) is 0 Å². The monoisotopic (exact) mass is 260 g/mol. The Morgan fingerprint density at radius 3 is 2.74 bits per heavy atom. The first-order valence-electron chi connectivity index (χ1n) is 7.43. The van der Waals surface area contributed by atoms with E-state index in [4.69, 9.17) is 0 Å². The van der Waals surface area contributed by atoms with E-state index in [2.05, 4.69) is 29.7 Å². The van der Waals surface area contributed by atoms with Gasteiger partial charge in [-0.25, -0.2) is 0 Å². The molecule has 0 aliphatic carbocycles. The van der Waals surface area contributed by atoms with Crippen molar-refractivity contribution in [3.05, 3.63) is 29.8 Å². The second-order valence-corrected chi connectivity index (χ2v) is 5.29. The molecule has 0 radical (unpaired) electrons. The van der Waals surface area contributed by atoms with Crippen LogP contribution in [-0.4, -0.2) is 18.5 Å². The molecule has 1 atom stereocenters. The molecule has 0 bridgehead atoms. The van der Waals surface area contributed by atoms with Crippen molar-refractivity contribution in [2.45, 2.75) is 51.5 Å². The first kappa shape index (κ1) is 14.1. The van der Waals surface area contributed by atoms with E-state index < -0.39 is 0 Å². The molecule has 0 unspecified atom stereocenters. The predicted octanol–water partition coefficient (Wildman–Crippen LogP) is 3.11. The number of hydrogen-bond donors (Lipinski definition) is 2. The van der Waals surface area contributed by atoms with Crippen LogP contribution in [0.15, 0.2) is 24.3 Å². The molecule has 1 amide bonds. The molecule has 0 aromatic heterocycles. The van der Waals surface area contributed by atoms with E-state index in [0.29, 0.717) is 0 Å². The zero-order valence-electron chi connectivity index (χ0n) is 11.7. The van der Waals surface area contributed by atoms with Crippen LogP contribution in [0.1, 0.15) is 44.6 Å². The van der Waals surface area contributed by atoms with E-state index in [1.165, 1.54) is 24.8 Å². The third kappa shape index (κ3) is 4.35. The van der Waals surface area contributed by atoms with Gasteiger partial charge in [0.25, 0.3) is 0 Å². The third-order valence-electron chi connectivity index (χ3n) is 3.67. The quantitative estimate of drug-likeness (QED) is 0.772. The maximum absolute atomic E-state index is 11.9. The lowest BCUT2D eigenvalue weighted by Crippen LogP contribution is -2.35. The molecule has 2 N–H and O–H groups in total. The average molecular weight is 260 g/mol. The second kappa shape index (κ2) is 7.29. The molecule has 1 saturated heterocycles. The van der Waals surface area contributed by atoms with Gasteiger partial charge in [0.15, 0.2) is 0 Å². The fraction of sp³-hybridized carbons (Fsp3) is 0.562. The number of benzene rings is 1. The van der Waals surface area contributed by atoms with Crippen LogP contribution in [0.4, 0.5) is 5.69 Å². The van der Waals surface area contributed by atoms with Crippen molar-refractivity contribution in [1.29, 1.82) is 0 Å². The molecule has 1 fully saturated rings. The molecule has 1 aromatic carbocycles. The van der Waals surface area contributed by atoms with E-state index in [9.17, 15) is 4.79 Å². The van der Waals surface area contributed by atoms with Gasteiger partial charge in [-0.05, 0) is 49.9 Å². The Kier molecular flexibility index (Phi) is 5.40. The van der Waals surface area contributed by atoms with Crippen LogP contribution in [0.3, 0.4) is 0 Å². The Morgan fingerprint density at radius 2 is 2.11 bits per heavy atom. The zero-order chi connectivity index (χ0) is 13.5. The fourth-order valence-corrected chi connectivity index (χ4v) is 2.47. The molecule has 2 rings (SSSR count). The highest BCUT2D eigenvalue weighted by atomic mass is 16.2. The van der Waals surface area contributed by atoms with Crippen molar-refractivity contribution in [3.8, 4) is 0 Å². The molecule has 1 aromatic rings. The predicted molar refractivity (Wildman–Crippen MR) is 79.3 cm³/mol. The van der Waals surface area contributed by atoms with Crippen molar-refractivity contribution in [2.24, 2.45) is 0 Å². The number of anilines is 1. The highest BCUT2D eigenvalue weighted by Crippen LogP contribution is 2.14. The summed E-state index contributed by atoms with van der Waals surface area (Å²) in [7, 11) is 0. The van der Waals surface area contributed by atoms with E-state index in [1.54, 1.807) is 0 Å². The number of carbonyl (C=O) groups excluding carboxylic acids is 1. The van der Waals surface area contributed by atoms with Gasteiger partial charge in [0, 0.05) is 5.69 Å². The maximum atomic E-state index is 11.9. The van der Waals surface area contributed by atoms with E-state index >= 15 is 0 Å². The van der Waals surface area contributed by atoms with Crippen LogP contribution < -0.4 is 10.6 Å². The van der Waals surface area contributed by atoms with E-state index in [0.717, 1.165) is 31.5 Å². The summed E-state index contributed by atoms with van der Waals surface area (Å²) < 4.78 is 0. The summed E-state index contributed by atoms with van der Waals surface area (Å²) in [6.45, 7) is 3.17. The Morgan fingerprint density at radius 1 is 1.32 bits per heavy atom. The smallest absolute Gasteiger partial charge is 0.241 e. The molecular weight excluding hydrogens is 236 g/mol. The van der Waals surface area contributed by atoms with Crippen molar-refractivity contribution >= 4 is 11.6 Å². The maximum Gasteiger partial charge on any atom is 0.241 e. The highest BCUT2D eigenvalue weighted by molar-refractivity contribution is 5.95. The number of hydrogen-bond acceptors (Lipinski definition) is 2. The molecule has 0 spiro atoms. The molecular formula is C16H24N2O. The van der Waals surface area contributed by atoms with Crippen LogP contribution in [0, 0.1) is 0 Å². The van der Waals surface area contributed by atoms with Gasteiger partial charge in [0.2, 0.25) is 5.91 Å². The number of rotatable bonds is 6. The normalized spacial score (nSPS) is 18.5. The molecule has 3 heteroatoms. The van der Waals surface area contributed by atoms with Gasteiger partial charge in [0.1, 0.15) is 0 Å². The molecule has 19 heavy (non-hydrogen) atoms. The Bertz CT molecular complexity index is 394. The van der Waals surface area contributed by atoms with Crippen LogP contribution in [-0.2, 0) is 11.2 Å². The van der Waals surface area contributed by atoms with Gasteiger partial charge < -0.3 is 10.6 Å². The summed E-state index contributed by atoms with van der Waals surface area (Å²) >= 11 is 0. The zero-order valence-corrected chi connectivity index (χ0v) is 11.7. The lowest BCUT2D eigenvalue weighted by molar-refractivity contribution is -0.117. The van der Waals surface area contributed by atoms with Gasteiger partial charge in [-0.3, -0.25) is 4.79 Å². The van der Waals surface area contributed by atoms with Gasteiger partial charge in [-0.2, -0.15) is 0 Å². The summed E-state index contributed by atoms with van der Waals surface area (Å²) in [6.07, 6.45) is 6.95. The van der Waals surface area contributed by atoms with Crippen LogP contribution in [0.5, 0.6) is 0 Å². The standard InChI is InChI=1S/C16H24N2O/c1-2-3-4-6-13-8-10-14(11-9-13)18-16(19)15-7-5-12-17-15/h8-11,15,17H,2-7,12H2,1H3,(H,18,19)/t15-/m0/s1. The third-order valence-corrected chi connectivity index (χ3v) is 3.67. The molecule has 1 aliphatic rings. The number of aryl methyl sites for hydroxylation is 1. The number of amides is 1. The Hall–Kier alpha value is -1.35. The summed E-state index contributed by atoms with van der Waals surface area (Å²) in [5.41, 5.74) is 2.25. The Labute approximate surface area is 115 Å². The topological polar surface area (TPSA) is 41.1 Å². The molecule has 3 nitrogen and oxygen atoms in total. The number of nitrogens with one attached hydrogen (secondary N) is 2. The Balaban J connectivity index is 1.82. The minimum atomic E-state index is -0.00997. The largest absolute Gasteiger partial charge is 0.325 e. The van der Waals surface area contributed by atoms with Gasteiger partial charge in [-0.15, -0.1) is 0 Å². The average Bonchev–Trinajstić information content (AvgIpc) is 2.95. The lowest BCUT2D eigenvalue weighted by Gasteiger charge is -2.11. The van der Waals surface area contributed by atoms with Crippen LogP contribution in [0.25, 0.3) is 0 Å². The van der Waals surface area contributed by atoms with Crippen molar-refractivity contribution in [2.75, 3.05) is 11.9 Å².